The van der Waals surface area contributed by atoms with Crippen LogP contribution in [0.4, 0.5) is 0 Å². The summed E-state index contributed by atoms with van der Waals surface area (Å²) in [4.78, 5) is -0.0666. The Morgan fingerprint density at radius 1 is 1.11 bits per heavy atom. The number of nitrogens with zero attached hydrogens (tertiary/aromatic N) is 1. The zero-order valence-corrected chi connectivity index (χ0v) is 12.3. The van der Waals surface area contributed by atoms with E-state index in [9.17, 15) is 8.42 Å². The molecule has 0 spiro atoms. The number of benzene rings is 1. The summed E-state index contributed by atoms with van der Waals surface area (Å²) in [5, 5.41) is 8.86. The summed E-state index contributed by atoms with van der Waals surface area (Å²) in [6.45, 7) is 3.62. The van der Waals surface area contributed by atoms with Gasteiger partial charge >= 0.3 is 0 Å². The minimum absolute atomic E-state index is 0.0666. The second kappa shape index (κ2) is 6.29. The van der Waals surface area contributed by atoms with Crippen molar-refractivity contribution in [2.24, 2.45) is 0 Å². The second-order valence-corrected chi connectivity index (χ2v) is 6.46. The van der Waals surface area contributed by atoms with E-state index in [0.29, 0.717) is 4.48 Å². The van der Waals surface area contributed by atoms with E-state index < -0.39 is 10.1 Å². The van der Waals surface area contributed by atoms with Crippen LogP contribution in [-0.4, -0.2) is 49.9 Å². The lowest BCUT2D eigenvalue weighted by Crippen LogP contribution is -2.42. The standard InChI is InChI=1S/C7H8O3S.C5H14NO/c1-6-2-4-7(5-3-6)11(8,9)10;1-5(7)6(2,3)4/h2-5H,1H3,(H,8,9,10);5,7H,1-4H3/q;+1. The molecule has 0 aliphatic rings. The van der Waals surface area contributed by atoms with Crippen molar-refractivity contribution in [3.8, 4) is 0 Å². The number of rotatable bonds is 2. The van der Waals surface area contributed by atoms with E-state index in [-0.39, 0.29) is 11.1 Å². The Kier molecular flexibility index (Phi) is 5.95. The molecule has 0 aliphatic heterocycles. The first-order valence-corrected chi connectivity index (χ1v) is 6.92. The first kappa shape index (κ1) is 17.1. The zero-order chi connectivity index (χ0) is 14.6. The van der Waals surface area contributed by atoms with Crippen molar-refractivity contribution in [2.75, 3.05) is 21.1 Å². The van der Waals surface area contributed by atoms with E-state index in [1.54, 1.807) is 19.1 Å². The molecule has 0 aromatic heterocycles. The van der Waals surface area contributed by atoms with Gasteiger partial charge in [0.2, 0.25) is 0 Å². The van der Waals surface area contributed by atoms with E-state index >= 15 is 0 Å². The molecule has 0 bridgehead atoms. The molecule has 1 atom stereocenters. The molecule has 0 fully saturated rings. The first-order chi connectivity index (χ1) is 7.94. The molecule has 1 rings (SSSR count). The molecule has 2 N–H and O–H groups in total. The summed E-state index contributed by atoms with van der Waals surface area (Å²) < 4.78 is 30.2. The van der Waals surface area contributed by atoms with Crippen molar-refractivity contribution in [1.29, 1.82) is 0 Å². The summed E-state index contributed by atoms with van der Waals surface area (Å²) in [6, 6.07) is 5.99. The Morgan fingerprint density at radius 2 is 1.44 bits per heavy atom. The van der Waals surface area contributed by atoms with Crippen LogP contribution >= 0.6 is 0 Å². The van der Waals surface area contributed by atoms with Gasteiger partial charge < -0.3 is 9.59 Å². The van der Waals surface area contributed by atoms with Gasteiger partial charge in [0.1, 0.15) is 0 Å². The smallest absolute Gasteiger partial charge is 0.294 e. The van der Waals surface area contributed by atoms with E-state index in [2.05, 4.69) is 0 Å². The number of aliphatic hydroxyl groups excluding tert-OH is 1. The highest BCUT2D eigenvalue weighted by atomic mass is 32.2. The lowest BCUT2D eigenvalue weighted by Gasteiger charge is -2.26. The van der Waals surface area contributed by atoms with Gasteiger partial charge in [0.05, 0.1) is 26.0 Å². The van der Waals surface area contributed by atoms with Gasteiger partial charge in [-0.1, -0.05) is 17.7 Å². The van der Waals surface area contributed by atoms with Crippen LogP contribution in [-0.2, 0) is 10.1 Å². The predicted molar refractivity (Wildman–Crippen MR) is 70.7 cm³/mol. The van der Waals surface area contributed by atoms with Crippen LogP contribution in [0.3, 0.4) is 0 Å². The van der Waals surface area contributed by atoms with Crippen molar-refractivity contribution in [3.63, 3.8) is 0 Å². The topological polar surface area (TPSA) is 74.6 Å². The van der Waals surface area contributed by atoms with Crippen LogP contribution < -0.4 is 0 Å². The normalized spacial score (nSPS) is 13.5. The van der Waals surface area contributed by atoms with E-state index in [4.69, 9.17) is 9.66 Å². The van der Waals surface area contributed by atoms with Crippen molar-refractivity contribution < 1.29 is 22.6 Å². The van der Waals surface area contributed by atoms with Gasteiger partial charge in [-0.3, -0.25) is 4.55 Å². The van der Waals surface area contributed by atoms with Gasteiger partial charge in [-0.25, -0.2) is 0 Å². The molecule has 0 saturated carbocycles. The van der Waals surface area contributed by atoms with Gasteiger partial charge in [-0.2, -0.15) is 8.42 Å². The Balaban J connectivity index is 0.000000360. The average molecular weight is 276 g/mol. The number of quaternary nitrogens is 1. The second-order valence-electron chi connectivity index (χ2n) is 5.04. The van der Waals surface area contributed by atoms with Gasteiger partial charge in [0.25, 0.3) is 10.1 Å². The Labute approximate surface area is 109 Å². The Bertz CT molecular complexity index is 458. The maximum atomic E-state index is 10.5. The molecule has 1 aromatic rings. The monoisotopic (exact) mass is 276 g/mol. The van der Waals surface area contributed by atoms with Crippen molar-refractivity contribution in [3.05, 3.63) is 29.8 Å². The van der Waals surface area contributed by atoms with Gasteiger partial charge in [-0.05, 0) is 19.1 Å². The quantitative estimate of drug-likeness (QED) is 0.485. The van der Waals surface area contributed by atoms with E-state index in [1.165, 1.54) is 12.1 Å². The molecule has 18 heavy (non-hydrogen) atoms. The average Bonchev–Trinajstić information content (AvgIpc) is 2.16. The lowest BCUT2D eigenvalue weighted by atomic mass is 10.2. The third kappa shape index (κ3) is 6.70. The molecule has 0 aliphatic carbocycles. The fourth-order valence-corrected chi connectivity index (χ4v) is 1.19. The molecule has 0 saturated heterocycles. The third-order valence-corrected chi connectivity index (χ3v) is 3.31. The predicted octanol–water partition coefficient (Wildman–Crippen LogP) is 1.27. The minimum atomic E-state index is -4.02. The summed E-state index contributed by atoms with van der Waals surface area (Å²) in [6.07, 6.45) is -0.264. The molecule has 0 heterocycles. The third-order valence-electron chi connectivity index (χ3n) is 2.44. The van der Waals surface area contributed by atoms with Crippen molar-refractivity contribution in [1.82, 2.24) is 0 Å². The van der Waals surface area contributed by atoms with Gasteiger partial charge in [0, 0.05) is 6.92 Å². The highest BCUT2D eigenvalue weighted by molar-refractivity contribution is 7.85. The highest BCUT2D eigenvalue weighted by Gasteiger charge is 2.12. The van der Waals surface area contributed by atoms with Crippen LogP contribution in [0.2, 0.25) is 0 Å². The molecule has 5 nitrogen and oxygen atoms in total. The first-order valence-electron chi connectivity index (χ1n) is 5.48. The maximum Gasteiger partial charge on any atom is 0.294 e. The Hall–Kier alpha value is -0.950. The maximum absolute atomic E-state index is 10.5. The minimum Gasteiger partial charge on any atom is -0.345 e. The van der Waals surface area contributed by atoms with Crippen molar-refractivity contribution in [2.45, 2.75) is 25.0 Å². The summed E-state index contributed by atoms with van der Waals surface area (Å²) in [5.41, 5.74) is 0.956. The van der Waals surface area contributed by atoms with E-state index in [0.717, 1.165) is 5.56 Å². The van der Waals surface area contributed by atoms with E-state index in [1.807, 2.05) is 28.1 Å². The van der Waals surface area contributed by atoms with Crippen LogP contribution in [0.15, 0.2) is 29.2 Å². The SMILES string of the molecule is CC(O)[N+](C)(C)C.Cc1ccc(S(=O)(=O)O)cc1. The highest BCUT2D eigenvalue weighted by Crippen LogP contribution is 2.08. The molecule has 0 radical (unpaired) electrons. The van der Waals surface area contributed by atoms with Gasteiger partial charge in [0.15, 0.2) is 6.23 Å². The summed E-state index contributed by atoms with van der Waals surface area (Å²) in [7, 11) is 1.83. The van der Waals surface area contributed by atoms with Crippen LogP contribution in [0.25, 0.3) is 0 Å². The molecular weight excluding hydrogens is 254 g/mol. The number of hydrogen-bond acceptors (Lipinski definition) is 3. The number of hydrogen-bond donors (Lipinski definition) is 2. The van der Waals surface area contributed by atoms with Crippen molar-refractivity contribution >= 4 is 10.1 Å². The van der Waals surface area contributed by atoms with Crippen LogP contribution in [0, 0.1) is 6.92 Å². The number of aliphatic hydroxyl groups is 1. The molecule has 104 valence electrons. The fourth-order valence-electron chi connectivity index (χ4n) is 0.710. The summed E-state index contributed by atoms with van der Waals surface area (Å²) in [5.74, 6) is 0. The Morgan fingerprint density at radius 3 is 1.67 bits per heavy atom. The molecule has 1 unspecified atom stereocenters. The number of aryl methyl sites for hydroxylation is 1. The van der Waals surface area contributed by atoms with Gasteiger partial charge in [-0.15, -0.1) is 0 Å². The molecular formula is C12H22NO4S+. The molecule has 0 amide bonds. The molecule has 1 aromatic carbocycles. The lowest BCUT2D eigenvalue weighted by molar-refractivity contribution is -0.916. The largest absolute Gasteiger partial charge is 0.345 e. The molecule has 6 heteroatoms. The fraction of sp³-hybridized carbons (Fsp3) is 0.500. The van der Waals surface area contributed by atoms with Crippen LogP contribution in [0.1, 0.15) is 12.5 Å². The zero-order valence-electron chi connectivity index (χ0n) is 11.5. The summed E-state index contributed by atoms with van der Waals surface area (Å²) >= 11 is 0. The van der Waals surface area contributed by atoms with Crippen LogP contribution in [0.5, 0.6) is 0 Å².